The van der Waals surface area contributed by atoms with Gasteiger partial charge in [-0.05, 0) is 24.6 Å². The molecule has 0 amide bonds. The van der Waals surface area contributed by atoms with E-state index >= 15 is 0 Å². The summed E-state index contributed by atoms with van der Waals surface area (Å²) in [6.45, 7) is 3.53. The number of aromatic nitrogens is 2. The Morgan fingerprint density at radius 1 is 1.26 bits per heavy atom. The van der Waals surface area contributed by atoms with Crippen LogP contribution >= 0.6 is 0 Å². The lowest BCUT2D eigenvalue weighted by molar-refractivity contribution is 0.0587. The van der Waals surface area contributed by atoms with E-state index in [0.29, 0.717) is 36.4 Å². The molecule has 1 aromatic carbocycles. The number of nitrogens with zero attached hydrogens (tertiary/aromatic N) is 4. The molecular formula is C16H19F3N4. The minimum absolute atomic E-state index is 0.0383. The fourth-order valence-electron chi connectivity index (χ4n) is 3.16. The van der Waals surface area contributed by atoms with Crippen molar-refractivity contribution in [3.63, 3.8) is 0 Å². The zero-order valence-corrected chi connectivity index (χ0v) is 12.9. The number of alkyl halides is 2. The molecule has 1 fully saturated rings. The maximum Gasteiger partial charge on any atom is 0.251 e. The van der Waals surface area contributed by atoms with Gasteiger partial charge in [0.2, 0.25) is 0 Å². The summed E-state index contributed by atoms with van der Waals surface area (Å²) in [6.07, 6.45) is -0.0904. The second-order valence-corrected chi connectivity index (χ2v) is 5.75. The summed E-state index contributed by atoms with van der Waals surface area (Å²) in [7, 11) is 0. The summed E-state index contributed by atoms with van der Waals surface area (Å²) in [5.41, 5.74) is 0.680. The van der Waals surface area contributed by atoms with Crippen LogP contribution in [-0.4, -0.2) is 53.5 Å². The standard InChI is InChI=1S/C16H19F3N4/c1-2-12-8-23(6-5-22(12)9-15(18)19)16-13-7-11(17)3-4-14(13)20-10-21-16/h3-4,7,10,12,15H,2,5-6,8-9H2,1H3. The van der Waals surface area contributed by atoms with Crippen molar-refractivity contribution in [2.45, 2.75) is 25.8 Å². The normalized spacial score (nSPS) is 19.7. The van der Waals surface area contributed by atoms with Gasteiger partial charge in [0.1, 0.15) is 18.0 Å². The first-order chi connectivity index (χ1) is 11.1. The van der Waals surface area contributed by atoms with E-state index in [9.17, 15) is 13.2 Å². The number of hydrogen-bond acceptors (Lipinski definition) is 4. The molecule has 1 aliphatic rings. The SMILES string of the molecule is CCC1CN(c2ncnc3ccc(F)cc23)CCN1CC(F)F. The van der Waals surface area contributed by atoms with Crippen molar-refractivity contribution >= 4 is 16.7 Å². The van der Waals surface area contributed by atoms with Gasteiger partial charge < -0.3 is 4.90 Å². The Kier molecular flexibility index (Phi) is 4.66. The Morgan fingerprint density at radius 2 is 2.09 bits per heavy atom. The molecule has 0 aliphatic carbocycles. The number of piperazine rings is 1. The first kappa shape index (κ1) is 16.0. The summed E-state index contributed by atoms with van der Waals surface area (Å²) in [5.74, 6) is 0.335. The molecule has 2 heterocycles. The number of benzene rings is 1. The van der Waals surface area contributed by atoms with Gasteiger partial charge in [-0.25, -0.2) is 23.1 Å². The van der Waals surface area contributed by atoms with Gasteiger partial charge in [0.25, 0.3) is 6.43 Å². The van der Waals surface area contributed by atoms with Gasteiger partial charge in [0, 0.05) is 31.1 Å². The lowest BCUT2D eigenvalue weighted by Gasteiger charge is -2.41. The topological polar surface area (TPSA) is 32.3 Å². The lowest BCUT2D eigenvalue weighted by Crippen LogP contribution is -2.54. The summed E-state index contributed by atoms with van der Waals surface area (Å²) < 4.78 is 38.9. The van der Waals surface area contributed by atoms with Gasteiger partial charge in [-0.15, -0.1) is 0 Å². The molecule has 3 rings (SSSR count). The zero-order valence-electron chi connectivity index (χ0n) is 12.9. The number of halogens is 3. The predicted molar refractivity (Wildman–Crippen MR) is 83.4 cm³/mol. The van der Waals surface area contributed by atoms with Gasteiger partial charge in [0.05, 0.1) is 12.1 Å². The van der Waals surface area contributed by atoms with Gasteiger partial charge in [0.15, 0.2) is 0 Å². The minimum atomic E-state index is -2.33. The quantitative estimate of drug-likeness (QED) is 0.866. The van der Waals surface area contributed by atoms with E-state index in [0.717, 1.165) is 6.42 Å². The molecule has 1 aliphatic heterocycles. The van der Waals surface area contributed by atoms with Crippen LogP contribution in [0.1, 0.15) is 13.3 Å². The number of rotatable bonds is 4. The third kappa shape index (κ3) is 3.39. The van der Waals surface area contributed by atoms with Crippen molar-refractivity contribution in [3.05, 3.63) is 30.3 Å². The molecule has 0 N–H and O–H groups in total. The molecule has 23 heavy (non-hydrogen) atoms. The largest absolute Gasteiger partial charge is 0.353 e. The van der Waals surface area contributed by atoms with E-state index in [1.165, 1.54) is 18.5 Å². The third-order valence-electron chi connectivity index (χ3n) is 4.32. The van der Waals surface area contributed by atoms with Crippen LogP contribution in [-0.2, 0) is 0 Å². The molecule has 0 saturated carbocycles. The Balaban J connectivity index is 1.87. The van der Waals surface area contributed by atoms with Crippen molar-refractivity contribution in [2.24, 2.45) is 0 Å². The van der Waals surface area contributed by atoms with E-state index in [-0.39, 0.29) is 18.4 Å². The van der Waals surface area contributed by atoms with E-state index in [1.54, 1.807) is 6.07 Å². The molecule has 0 bridgehead atoms. The molecule has 124 valence electrons. The summed E-state index contributed by atoms with van der Waals surface area (Å²) in [4.78, 5) is 12.3. The maximum absolute atomic E-state index is 13.6. The average molecular weight is 324 g/mol. The van der Waals surface area contributed by atoms with Crippen LogP contribution in [0.2, 0.25) is 0 Å². The van der Waals surface area contributed by atoms with Gasteiger partial charge in [-0.2, -0.15) is 0 Å². The van der Waals surface area contributed by atoms with E-state index in [4.69, 9.17) is 0 Å². The van der Waals surface area contributed by atoms with Crippen molar-refractivity contribution in [1.82, 2.24) is 14.9 Å². The van der Waals surface area contributed by atoms with Crippen LogP contribution in [0.4, 0.5) is 19.0 Å². The van der Waals surface area contributed by atoms with E-state index < -0.39 is 6.43 Å². The lowest BCUT2D eigenvalue weighted by atomic mass is 10.1. The van der Waals surface area contributed by atoms with Crippen LogP contribution in [0.3, 0.4) is 0 Å². The highest BCUT2D eigenvalue weighted by atomic mass is 19.3. The van der Waals surface area contributed by atoms with Crippen molar-refractivity contribution in [3.8, 4) is 0 Å². The second kappa shape index (κ2) is 6.70. The van der Waals surface area contributed by atoms with Crippen LogP contribution in [0, 0.1) is 5.82 Å². The monoisotopic (exact) mass is 324 g/mol. The molecule has 0 radical (unpaired) electrons. The minimum Gasteiger partial charge on any atom is -0.353 e. The third-order valence-corrected chi connectivity index (χ3v) is 4.32. The molecule has 0 spiro atoms. The molecule has 7 heteroatoms. The highest BCUT2D eigenvalue weighted by molar-refractivity contribution is 5.89. The van der Waals surface area contributed by atoms with Crippen LogP contribution in [0.15, 0.2) is 24.5 Å². The average Bonchev–Trinajstić information content (AvgIpc) is 2.54. The Labute approximate surface area is 132 Å². The zero-order chi connectivity index (χ0) is 16.4. The highest BCUT2D eigenvalue weighted by Crippen LogP contribution is 2.26. The highest BCUT2D eigenvalue weighted by Gasteiger charge is 2.29. The molecule has 1 atom stereocenters. The van der Waals surface area contributed by atoms with E-state index in [2.05, 4.69) is 9.97 Å². The molecule has 1 saturated heterocycles. The Bertz CT molecular complexity index is 679. The first-order valence-corrected chi connectivity index (χ1v) is 7.76. The number of hydrogen-bond donors (Lipinski definition) is 0. The predicted octanol–water partition coefficient (Wildman–Crippen LogP) is 2.93. The van der Waals surface area contributed by atoms with Crippen molar-refractivity contribution in [2.75, 3.05) is 31.1 Å². The van der Waals surface area contributed by atoms with E-state index in [1.807, 2.05) is 16.7 Å². The maximum atomic E-state index is 13.6. The summed E-state index contributed by atoms with van der Waals surface area (Å²) >= 11 is 0. The van der Waals surface area contributed by atoms with Crippen LogP contribution in [0.25, 0.3) is 10.9 Å². The molecule has 1 aromatic heterocycles. The summed E-state index contributed by atoms with van der Waals surface area (Å²) in [6, 6.07) is 4.46. The molecular weight excluding hydrogens is 305 g/mol. The Morgan fingerprint density at radius 3 is 2.83 bits per heavy atom. The smallest absolute Gasteiger partial charge is 0.251 e. The first-order valence-electron chi connectivity index (χ1n) is 7.76. The Hall–Kier alpha value is -1.89. The summed E-state index contributed by atoms with van der Waals surface area (Å²) in [5, 5.41) is 0.657. The van der Waals surface area contributed by atoms with Crippen LogP contribution in [0.5, 0.6) is 0 Å². The fraction of sp³-hybridized carbons (Fsp3) is 0.500. The van der Waals surface area contributed by atoms with Crippen LogP contribution < -0.4 is 4.90 Å². The van der Waals surface area contributed by atoms with Crippen molar-refractivity contribution in [1.29, 1.82) is 0 Å². The van der Waals surface area contributed by atoms with Crippen molar-refractivity contribution < 1.29 is 13.2 Å². The molecule has 4 nitrogen and oxygen atoms in total. The second-order valence-electron chi connectivity index (χ2n) is 5.75. The van der Waals surface area contributed by atoms with Gasteiger partial charge >= 0.3 is 0 Å². The van der Waals surface area contributed by atoms with Gasteiger partial charge in [-0.3, -0.25) is 4.90 Å². The number of fused-ring (bicyclic) bond motifs is 1. The molecule has 1 unspecified atom stereocenters. The number of anilines is 1. The molecule has 2 aromatic rings. The fourth-order valence-corrected chi connectivity index (χ4v) is 3.16. The van der Waals surface area contributed by atoms with Gasteiger partial charge in [-0.1, -0.05) is 6.92 Å².